The Labute approximate surface area is 127 Å². The third-order valence-corrected chi connectivity index (χ3v) is 4.00. The molecular weight excluding hydrogens is 301 g/mol. The van der Waals surface area contributed by atoms with E-state index in [2.05, 4.69) is 34.2 Å². The van der Waals surface area contributed by atoms with Crippen LogP contribution in [0.3, 0.4) is 0 Å². The van der Waals surface area contributed by atoms with Crippen molar-refractivity contribution in [2.75, 3.05) is 14.1 Å². The first-order valence-corrected chi connectivity index (χ1v) is 6.84. The molecule has 0 atom stereocenters. The van der Waals surface area contributed by atoms with E-state index in [1.54, 1.807) is 17.7 Å². The first-order chi connectivity index (χ1) is 8.74. The van der Waals surface area contributed by atoms with Gasteiger partial charge in [0.05, 0.1) is 12.0 Å². The third-order valence-electron chi connectivity index (χ3n) is 2.98. The molecule has 1 aromatic carbocycles. The predicted octanol–water partition coefficient (Wildman–Crippen LogP) is 3.13. The van der Waals surface area contributed by atoms with Gasteiger partial charge in [0.1, 0.15) is 0 Å². The van der Waals surface area contributed by atoms with E-state index in [1.807, 2.05) is 19.0 Å². The summed E-state index contributed by atoms with van der Waals surface area (Å²) in [6.07, 6.45) is 4.00. The SMILES string of the molecule is CN(C)/C=N/c1nc2c(s1)CCc1ccccc1-2.[Co+2]. The van der Waals surface area contributed by atoms with Crippen molar-refractivity contribution in [1.29, 1.82) is 0 Å². The van der Waals surface area contributed by atoms with Gasteiger partial charge in [0.25, 0.3) is 0 Å². The van der Waals surface area contributed by atoms with E-state index < -0.39 is 0 Å². The molecule has 1 aliphatic carbocycles. The van der Waals surface area contributed by atoms with Crippen LogP contribution in [-0.4, -0.2) is 30.3 Å². The standard InChI is InChI=1S/C14H15N3S.Co/c1-17(2)9-15-14-16-13-11-6-4-3-5-10(11)7-8-12(13)18-14;/h3-6,9H,7-8H2,1-2H3;/q;+2/b15-9+;. The molecule has 1 aliphatic rings. The number of aromatic nitrogens is 1. The Balaban J connectivity index is 0.00000133. The molecule has 3 rings (SSSR count). The van der Waals surface area contributed by atoms with E-state index in [4.69, 9.17) is 0 Å². The van der Waals surface area contributed by atoms with E-state index in [1.165, 1.54) is 16.0 Å². The molecular formula is C14H15CoN3S+2. The van der Waals surface area contributed by atoms with Gasteiger partial charge in [0.15, 0.2) is 0 Å². The fraction of sp³-hybridized carbons (Fsp3) is 0.286. The van der Waals surface area contributed by atoms with Crippen LogP contribution in [0.2, 0.25) is 0 Å². The van der Waals surface area contributed by atoms with Crippen molar-refractivity contribution >= 4 is 22.8 Å². The van der Waals surface area contributed by atoms with Crippen LogP contribution in [0.25, 0.3) is 11.3 Å². The van der Waals surface area contributed by atoms with Crippen LogP contribution in [0, 0.1) is 0 Å². The van der Waals surface area contributed by atoms with Gasteiger partial charge in [-0.1, -0.05) is 35.6 Å². The maximum Gasteiger partial charge on any atom is 2.00 e. The molecule has 1 radical (unpaired) electrons. The molecule has 0 amide bonds. The van der Waals surface area contributed by atoms with Crippen LogP contribution in [0.5, 0.6) is 0 Å². The minimum atomic E-state index is 0. The number of benzene rings is 1. The zero-order chi connectivity index (χ0) is 12.5. The van der Waals surface area contributed by atoms with Gasteiger partial charge in [-0.25, -0.2) is 9.98 Å². The molecule has 0 unspecified atom stereocenters. The molecule has 0 fully saturated rings. The number of hydrogen-bond acceptors (Lipinski definition) is 3. The van der Waals surface area contributed by atoms with Gasteiger partial charge < -0.3 is 4.90 Å². The summed E-state index contributed by atoms with van der Waals surface area (Å²) in [5.74, 6) is 0. The van der Waals surface area contributed by atoms with Crippen molar-refractivity contribution in [2.45, 2.75) is 12.8 Å². The van der Waals surface area contributed by atoms with Crippen molar-refractivity contribution in [3.05, 3.63) is 34.7 Å². The molecule has 19 heavy (non-hydrogen) atoms. The molecule has 0 saturated heterocycles. The Bertz CT molecular complexity index is 604. The molecule has 1 aromatic heterocycles. The predicted molar refractivity (Wildman–Crippen MR) is 76.8 cm³/mol. The molecule has 99 valence electrons. The maximum absolute atomic E-state index is 4.66. The molecule has 2 aromatic rings. The largest absolute Gasteiger partial charge is 2.00 e. The second kappa shape index (κ2) is 5.86. The smallest absolute Gasteiger partial charge is 0.369 e. The minimum absolute atomic E-state index is 0. The second-order valence-electron chi connectivity index (χ2n) is 4.63. The van der Waals surface area contributed by atoms with Gasteiger partial charge in [-0.05, 0) is 18.4 Å². The zero-order valence-electron chi connectivity index (χ0n) is 10.9. The van der Waals surface area contributed by atoms with Gasteiger partial charge in [0, 0.05) is 24.5 Å². The monoisotopic (exact) mass is 316 g/mol. The summed E-state index contributed by atoms with van der Waals surface area (Å²) >= 11 is 1.71. The first kappa shape index (κ1) is 14.2. The van der Waals surface area contributed by atoms with E-state index in [0.29, 0.717) is 0 Å². The molecule has 3 nitrogen and oxygen atoms in total. The molecule has 0 spiro atoms. The zero-order valence-corrected chi connectivity index (χ0v) is 12.7. The fourth-order valence-electron chi connectivity index (χ4n) is 2.16. The number of aliphatic imine (C=N–C) groups is 1. The molecule has 1 heterocycles. The Hall–Kier alpha value is -1.17. The van der Waals surface area contributed by atoms with Gasteiger partial charge in [-0.15, -0.1) is 0 Å². The number of fused-ring (bicyclic) bond motifs is 3. The van der Waals surface area contributed by atoms with Crippen molar-refractivity contribution in [2.24, 2.45) is 4.99 Å². The van der Waals surface area contributed by atoms with Crippen LogP contribution >= 0.6 is 11.3 Å². The molecule has 0 saturated carbocycles. The summed E-state index contributed by atoms with van der Waals surface area (Å²) in [5.41, 5.74) is 3.81. The summed E-state index contributed by atoms with van der Waals surface area (Å²) in [5, 5.41) is 0.852. The third kappa shape index (κ3) is 2.88. The van der Waals surface area contributed by atoms with Crippen LogP contribution in [0.1, 0.15) is 10.4 Å². The molecule has 0 N–H and O–H groups in total. The summed E-state index contributed by atoms with van der Waals surface area (Å²) in [7, 11) is 3.93. The van der Waals surface area contributed by atoms with E-state index in [9.17, 15) is 0 Å². The summed E-state index contributed by atoms with van der Waals surface area (Å²) < 4.78 is 0. The Morgan fingerprint density at radius 2 is 2.05 bits per heavy atom. The summed E-state index contributed by atoms with van der Waals surface area (Å²) in [6.45, 7) is 0. The number of aryl methyl sites for hydroxylation is 2. The summed E-state index contributed by atoms with van der Waals surface area (Å²) in [4.78, 5) is 12.3. The average Bonchev–Trinajstić information content (AvgIpc) is 2.79. The van der Waals surface area contributed by atoms with Crippen molar-refractivity contribution in [1.82, 2.24) is 9.88 Å². The number of nitrogens with zero attached hydrogens (tertiary/aromatic N) is 3. The maximum atomic E-state index is 4.66. The van der Waals surface area contributed by atoms with Gasteiger partial charge >= 0.3 is 16.8 Å². The van der Waals surface area contributed by atoms with Crippen LogP contribution < -0.4 is 0 Å². The number of thiazole rings is 1. The van der Waals surface area contributed by atoms with Gasteiger partial charge in [-0.2, -0.15) is 0 Å². The topological polar surface area (TPSA) is 28.5 Å². The van der Waals surface area contributed by atoms with Gasteiger partial charge in [-0.3, -0.25) is 0 Å². The van der Waals surface area contributed by atoms with Crippen LogP contribution in [0.4, 0.5) is 5.13 Å². The van der Waals surface area contributed by atoms with E-state index in [-0.39, 0.29) is 16.8 Å². The fourth-order valence-corrected chi connectivity index (χ4v) is 3.07. The Kier molecular flexibility index (Phi) is 4.39. The van der Waals surface area contributed by atoms with Crippen LogP contribution in [0.15, 0.2) is 29.3 Å². The summed E-state index contributed by atoms with van der Waals surface area (Å²) in [6, 6.07) is 8.53. The molecule has 0 bridgehead atoms. The second-order valence-corrected chi connectivity index (χ2v) is 5.70. The van der Waals surface area contributed by atoms with Crippen LogP contribution in [-0.2, 0) is 29.6 Å². The van der Waals surface area contributed by atoms with Crippen molar-refractivity contribution in [3.63, 3.8) is 0 Å². The first-order valence-electron chi connectivity index (χ1n) is 6.02. The Morgan fingerprint density at radius 1 is 1.26 bits per heavy atom. The normalized spacial score (nSPS) is 12.7. The molecule has 0 aliphatic heterocycles. The Morgan fingerprint density at radius 3 is 2.84 bits per heavy atom. The minimum Gasteiger partial charge on any atom is -0.369 e. The van der Waals surface area contributed by atoms with Gasteiger partial charge in [0.2, 0.25) is 5.13 Å². The van der Waals surface area contributed by atoms with E-state index >= 15 is 0 Å². The quantitative estimate of drug-likeness (QED) is 0.629. The van der Waals surface area contributed by atoms with E-state index in [0.717, 1.165) is 23.7 Å². The molecule has 5 heteroatoms. The number of rotatable bonds is 2. The average molecular weight is 316 g/mol. The van der Waals surface area contributed by atoms with Crippen molar-refractivity contribution in [3.8, 4) is 11.3 Å². The number of hydrogen-bond donors (Lipinski definition) is 0. The van der Waals surface area contributed by atoms with Crippen molar-refractivity contribution < 1.29 is 16.8 Å².